The van der Waals surface area contributed by atoms with Crippen LogP contribution in [0.25, 0.3) is 11.5 Å². The summed E-state index contributed by atoms with van der Waals surface area (Å²) in [4.78, 5) is 12.3. The SMILES string of the molecule is C[C@H](CNC(=O)c1nnc(-c2ccc3c(c2)OCO3)o1)c1ccccc1. The summed E-state index contributed by atoms with van der Waals surface area (Å²) >= 11 is 0. The smallest absolute Gasteiger partial charge is 0.308 e. The first-order valence-electron chi connectivity index (χ1n) is 8.27. The first-order valence-corrected chi connectivity index (χ1v) is 8.27. The van der Waals surface area contributed by atoms with Crippen LogP contribution in [0.3, 0.4) is 0 Å². The summed E-state index contributed by atoms with van der Waals surface area (Å²) in [5, 5.41) is 10.6. The number of benzene rings is 2. The van der Waals surface area contributed by atoms with Gasteiger partial charge in [0.05, 0.1) is 0 Å². The van der Waals surface area contributed by atoms with E-state index in [2.05, 4.69) is 15.5 Å². The molecule has 132 valence electrons. The second-order valence-corrected chi connectivity index (χ2v) is 6.00. The van der Waals surface area contributed by atoms with Crippen molar-refractivity contribution < 1.29 is 18.7 Å². The third kappa shape index (κ3) is 3.23. The number of hydrogen-bond donors (Lipinski definition) is 1. The normalized spacial score (nSPS) is 13.4. The van der Waals surface area contributed by atoms with Crippen molar-refractivity contribution in [2.24, 2.45) is 0 Å². The van der Waals surface area contributed by atoms with Gasteiger partial charge in [-0.3, -0.25) is 4.79 Å². The lowest BCUT2D eigenvalue weighted by molar-refractivity contribution is 0.0917. The summed E-state index contributed by atoms with van der Waals surface area (Å²) in [6.45, 7) is 2.71. The number of carbonyl (C=O) groups is 1. The van der Waals surface area contributed by atoms with Gasteiger partial charge in [-0.2, -0.15) is 0 Å². The van der Waals surface area contributed by atoms with Crippen molar-refractivity contribution in [1.82, 2.24) is 15.5 Å². The fraction of sp³-hybridized carbons (Fsp3) is 0.211. The number of nitrogens with one attached hydrogen (secondary N) is 1. The molecule has 1 amide bonds. The van der Waals surface area contributed by atoms with Gasteiger partial charge in [-0.25, -0.2) is 0 Å². The molecular weight excluding hydrogens is 334 g/mol. The third-order valence-electron chi connectivity index (χ3n) is 4.18. The van der Waals surface area contributed by atoms with Crippen LogP contribution in [0.4, 0.5) is 0 Å². The first-order chi connectivity index (χ1) is 12.7. The van der Waals surface area contributed by atoms with Gasteiger partial charge in [0.1, 0.15) is 0 Å². The quantitative estimate of drug-likeness (QED) is 0.760. The molecule has 0 spiro atoms. The van der Waals surface area contributed by atoms with Gasteiger partial charge in [0, 0.05) is 12.1 Å². The number of ether oxygens (including phenoxy) is 2. The molecule has 1 aliphatic heterocycles. The molecule has 7 nitrogen and oxygen atoms in total. The van der Waals surface area contributed by atoms with E-state index in [1.54, 1.807) is 18.2 Å². The van der Waals surface area contributed by atoms with E-state index in [1.165, 1.54) is 0 Å². The summed E-state index contributed by atoms with van der Waals surface area (Å²) in [6.07, 6.45) is 0. The number of hydrogen-bond acceptors (Lipinski definition) is 6. The molecule has 26 heavy (non-hydrogen) atoms. The van der Waals surface area contributed by atoms with Crippen LogP contribution in [0, 0.1) is 0 Å². The number of amides is 1. The Morgan fingerprint density at radius 3 is 2.77 bits per heavy atom. The van der Waals surface area contributed by atoms with Crippen LogP contribution < -0.4 is 14.8 Å². The predicted octanol–water partition coefficient (Wildman–Crippen LogP) is 3.00. The molecule has 0 fully saturated rings. The Bertz CT molecular complexity index is 924. The molecule has 0 radical (unpaired) electrons. The van der Waals surface area contributed by atoms with Gasteiger partial charge in [0.2, 0.25) is 12.7 Å². The molecule has 7 heteroatoms. The molecule has 1 aliphatic rings. The van der Waals surface area contributed by atoms with Crippen molar-refractivity contribution in [3.8, 4) is 23.0 Å². The van der Waals surface area contributed by atoms with Gasteiger partial charge in [-0.1, -0.05) is 37.3 Å². The Kier molecular flexibility index (Phi) is 4.27. The maximum Gasteiger partial charge on any atom is 0.308 e. The van der Waals surface area contributed by atoms with E-state index in [4.69, 9.17) is 13.9 Å². The van der Waals surface area contributed by atoms with Crippen LogP contribution in [0.5, 0.6) is 11.5 Å². The number of carbonyl (C=O) groups excluding carboxylic acids is 1. The topological polar surface area (TPSA) is 86.5 Å². The molecule has 1 atom stereocenters. The molecule has 1 N–H and O–H groups in total. The predicted molar refractivity (Wildman–Crippen MR) is 93.0 cm³/mol. The molecule has 0 bridgehead atoms. The maximum atomic E-state index is 12.3. The fourth-order valence-corrected chi connectivity index (χ4v) is 2.68. The van der Waals surface area contributed by atoms with Gasteiger partial charge in [0.25, 0.3) is 0 Å². The van der Waals surface area contributed by atoms with E-state index in [9.17, 15) is 4.79 Å². The van der Waals surface area contributed by atoms with Crippen molar-refractivity contribution in [2.75, 3.05) is 13.3 Å². The third-order valence-corrected chi connectivity index (χ3v) is 4.18. The fourth-order valence-electron chi connectivity index (χ4n) is 2.68. The number of fused-ring (bicyclic) bond motifs is 1. The zero-order valence-electron chi connectivity index (χ0n) is 14.1. The van der Waals surface area contributed by atoms with Gasteiger partial charge in [-0.05, 0) is 29.7 Å². The van der Waals surface area contributed by atoms with Crippen LogP contribution in [-0.2, 0) is 0 Å². The summed E-state index contributed by atoms with van der Waals surface area (Å²) in [5.41, 5.74) is 1.82. The number of aromatic nitrogens is 2. The highest BCUT2D eigenvalue weighted by Gasteiger charge is 2.19. The second kappa shape index (κ2) is 6.87. The zero-order valence-corrected chi connectivity index (χ0v) is 14.1. The molecule has 1 aromatic heterocycles. The van der Waals surface area contributed by atoms with Gasteiger partial charge in [0.15, 0.2) is 11.5 Å². The van der Waals surface area contributed by atoms with E-state index in [0.29, 0.717) is 23.6 Å². The number of nitrogens with zero attached hydrogens (tertiary/aromatic N) is 2. The summed E-state index contributed by atoms with van der Waals surface area (Å²) in [5.74, 6) is 1.25. The minimum Gasteiger partial charge on any atom is -0.454 e. The van der Waals surface area contributed by atoms with E-state index in [0.717, 1.165) is 5.56 Å². The van der Waals surface area contributed by atoms with Gasteiger partial charge < -0.3 is 19.2 Å². The first kappa shape index (κ1) is 16.1. The Morgan fingerprint density at radius 1 is 1.12 bits per heavy atom. The van der Waals surface area contributed by atoms with Crippen molar-refractivity contribution in [1.29, 1.82) is 0 Å². The molecule has 0 saturated heterocycles. The molecule has 4 rings (SSSR count). The number of rotatable bonds is 5. The summed E-state index contributed by atoms with van der Waals surface area (Å²) < 4.78 is 16.1. The highest BCUT2D eigenvalue weighted by atomic mass is 16.7. The zero-order chi connectivity index (χ0) is 17.9. The van der Waals surface area contributed by atoms with Crippen LogP contribution in [0.2, 0.25) is 0 Å². The van der Waals surface area contributed by atoms with E-state index in [1.807, 2.05) is 37.3 Å². The van der Waals surface area contributed by atoms with E-state index < -0.39 is 5.91 Å². The molecular formula is C19H17N3O4. The maximum absolute atomic E-state index is 12.3. The molecule has 2 heterocycles. The average Bonchev–Trinajstić information content (AvgIpc) is 3.35. The van der Waals surface area contributed by atoms with Crippen molar-refractivity contribution in [3.63, 3.8) is 0 Å². The van der Waals surface area contributed by atoms with Crippen LogP contribution in [0.15, 0.2) is 52.9 Å². The van der Waals surface area contributed by atoms with Crippen LogP contribution >= 0.6 is 0 Å². The molecule has 0 unspecified atom stereocenters. The highest BCUT2D eigenvalue weighted by molar-refractivity contribution is 5.89. The van der Waals surface area contributed by atoms with E-state index in [-0.39, 0.29) is 24.5 Å². The lowest BCUT2D eigenvalue weighted by Crippen LogP contribution is -2.27. The Labute approximate surface area is 150 Å². The van der Waals surface area contributed by atoms with Crippen molar-refractivity contribution >= 4 is 5.91 Å². The summed E-state index contributed by atoms with van der Waals surface area (Å²) in [6, 6.07) is 15.3. The molecule has 0 saturated carbocycles. The minimum absolute atomic E-state index is 0.0714. The Balaban J connectivity index is 1.42. The van der Waals surface area contributed by atoms with Gasteiger partial charge in [-0.15, -0.1) is 10.2 Å². The molecule has 3 aromatic rings. The lowest BCUT2D eigenvalue weighted by atomic mass is 10.0. The van der Waals surface area contributed by atoms with Crippen LogP contribution in [0.1, 0.15) is 29.1 Å². The lowest BCUT2D eigenvalue weighted by Gasteiger charge is -2.11. The Morgan fingerprint density at radius 2 is 1.92 bits per heavy atom. The average molecular weight is 351 g/mol. The van der Waals surface area contributed by atoms with Gasteiger partial charge >= 0.3 is 11.8 Å². The molecule has 0 aliphatic carbocycles. The van der Waals surface area contributed by atoms with E-state index >= 15 is 0 Å². The largest absolute Gasteiger partial charge is 0.454 e. The summed E-state index contributed by atoms with van der Waals surface area (Å²) in [7, 11) is 0. The Hall–Kier alpha value is -3.35. The minimum atomic E-state index is -0.396. The second-order valence-electron chi connectivity index (χ2n) is 6.00. The highest BCUT2D eigenvalue weighted by Crippen LogP contribution is 2.35. The standard InChI is InChI=1S/C19H17N3O4/c1-12(13-5-3-2-4-6-13)10-20-17(23)19-22-21-18(26-19)14-7-8-15-16(9-14)25-11-24-15/h2-9,12H,10-11H2,1H3,(H,20,23)/t12-/m1/s1. The van der Waals surface area contributed by atoms with Crippen molar-refractivity contribution in [3.05, 3.63) is 60.0 Å². The monoisotopic (exact) mass is 351 g/mol. The van der Waals surface area contributed by atoms with Crippen molar-refractivity contribution in [2.45, 2.75) is 12.8 Å². The van der Waals surface area contributed by atoms with Crippen LogP contribution in [-0.4, -0.2) is 29.4 Å². The molecule has 2 aromatic carbocycles.